The zero-order chi connectivity index (χ0) is 10.8. The van der Waals surface area contributed by atoms with Crippen LogP contribution < -0.4 is 5.73 Å². The number of carbonyl (C=O) groups is 1. The molecule has 0 fully saturated rings. The van der Waals surface area contributed by atoms with Gasteiger partial charge in [0.05, 0.1) is 6.61 Å². The lowest BCUT2D eigenvalue weighted by molar-refractivity contribution is -0.146. The second kappa shape index (κ2) is 8.93. The molecule has 84 valence electrons. The van der Waals surface area contributed by atoms with Crippen LogP contribution in [0.25, 0.3) is 0 Å². The first-order chi connectivity index (χ1) is 6.72. The molecule has 0 heterocycles. The molecule has 0 aliphatic heterocycles. The Bertz CT molecular complexity index is 152. The standard InChI is InChI=1S/C9H19NO4/c1-12-5-3-6-14-9(11)8(10)4-7-13-2/h8H,3-7,10H2,1-2H3. The molecule has 5 heteroatoms. The van der Waals surface area contributed by atoms with Gasteiger partial charge >= 0.3 is 5.97 Å². The fraction of sp³-hybridized carbons (Fsp3) is 0.889. The molecular weight excluding hydrogens is 186 g/mol. The molecular formula is C9H19NO4. The molecule has 1 unspecified atom stereocenters. The van der Waals surface area contributed by atoms with Crippen LogP contribution in [0.3, 0.4) is 0 Å². The van der Waals surface area contributed by atoms with Crippen LogP contribution in [-0.2, 0) is 19.0 Å². The van der Waals surface area contributed by atoms with Crippen molar-refractivity contribution in [2.24, 2.45) is 5.73 Å². The highest BCUT2D eigenvalue weighted by Gasteiger charge is 2.13. The van der Waals surface area contributed by atoms with Crippen molar-refractivity contribution in [2.75, 3.05) is 34.0 Å². The van der Waals surface area contributed by atoms with Crippen molar-refractivity contribution < 1.29 is 19.0 Å². The molecule has 0 amide bonds. The maximum atomic E-state index is 11.2. The molecule has 0 saturated heterocycles. The van der Waals surface area contributed by atoms with Gasteiger partial charge in [0.1, 0.15) is 6.04 Å². The van der Waals surface area contributed by atoms with E-state index in [-0.39, 0.29) is 5.97 Å². The van der Waals surface area contributed by atoms with Crippen LogP contribution in [0.2, 0.25) is 0 Å². The summed E-state index contributed by atoms with van der Waals surface area (Å²) in [4.78, 5) is 11.2. The van der Waals surface area contributed by atoms with Gasteiger partial charge in [-0.15, -0.1) is 0 Å². The molecule has 1 atom stereocenters. The second-order valence-corrected chi connectivity index (χ2v) is 2.90. The van der Waals surface area contributed by atoms with Gasteiger partial charge in [-0.2, -0.15) is 0 Å². The molecule has 0 saturated carbocycles. The van der Waals surface area contributed by atoms with E-state index < -0.39 is 6.04 Å². The fourth-order valence-corrected chi connectivity index (χ4v) is 0.846. The summed E-state index contributed by atoms with van der Waals surface area (Å²) in [5.41, 5.74) is 5.53. The molecule has 0 aromatic heterocycles. The van der Waals surface area contributed by atoms with E-state index in [4.69, 9.17) is 19.9 Å². The quantitative estimate of drug-likeness (QED) is 0.443. The fourth-order valence-electron chi connectivity index (χ4n) is 0.846. The largest absolute Gasteiger partial charge is 0.464 e. The first-order valence-electron chi connectivity index (χ1n) is 4.62. The highest BCUT2D eigenvalue weighted by Crippen LogP contribution is 1.94. The minimum Gasteiger partial charge on any atom is -0.464 e. The van der Waals surface area contributed by atoms with Crippen LogP contribution in [0.5, 0.6) is 0 Å². The number of rotatable bonds is 8. The van der Waals surface area contributed by atoms with Crippen LogP contribution >= 0.6 is 0 Å². The Labute approximate surface area is 84.5 Å². The summed E-state index contributed by atoms with van der Waals surface area (Å²) in [6.45, 7) is 1.41. The Hall–Kier alpha value is -0.650. The molecule has 0 aromatic rings. The Morgan fingerprint density at radius 2 is 1.86 bits per heavy atom. The van der Waals surface area contributed by atoms with Crippen molar-refractivity contribution >= 4 is 5.97 Å². The Morgan fingerprint density at radius 1 is 1.21 bits per heavy atom. The Kier molecular flexibility index (Phi) is 8.51. The summed E-state index contributed by atoms with van der Waals surface area (Å²) in [7, 11) is 3.17. The number of hydrogen-bond acceptors (Lipinski definition) is 5. The summed E-state index contributed by atoms with van der Waals surface area (Å²) in [5, 5.41) is 0. The van der Waals surface area contributed by atoms with E-state index in [0.29, 0.717) is 32.7 Å². The van der Waals surface area contributed by atoms with Crippen molar-refractivity contribution in [1.82, 2.24) is 0 Å². The summed E-state index contributed by atoms with van der Waals surface area (Å²) >= 11 is 0. The molecule has 14 heavy (non-hydrogen) atoms. The molecule has 0 spiro atoms. The summed E-state index contributed by atoms with van der Waals surface area (Å²) in [6, 6.07) is -0.586. The van der Waals surface area contributed by atoms with Gasteiger partial charge in [-0.25, -0.2) is 0 Å². The molecule has 0 bridgehead atoms. The normalized spacial score (nSPS) is 12.5. The molecule has 0 radical (unpaired) electrons. The number of ether oxygens (including phenoxy) is 3. The molecule has 2 N–H and O–H groups in total. The number of nitrogens with two attached hydrogens (primary N) is 1. The zero-order valence-electron chi connectivity index (χ0n) is 8.82. The van der Waals surface area contributed by atoms with Crippen molar-refractivity contribution in [1.29, 1.82) is 0 Å². The van der Waals surface area contributed by atoms with E-state index in [1.54, 1.807) is 14.2 Å². The number of carbonyl (C=O) groups excluding carboxylic acids is 1. The average Bonchev–Trinajstić information content (AvgIpc) is 2.20. The SMILES string of the molecule is COCCCOC(=O)C(N)CCOC. The van der Waals surface area contributed by atoms with Gasteiger partial charge in [0.2, 0.25) is 0 Å². The predicted molar refractivity (Wildman–Crippen MR) is 51.9 cm³/mol. The Morgan fingerprint density at radius 3 is 2.43 bits per heavy atom. The van der Waals surface area contributed by atoms with Crippen LogP contribution in [-0.4, -0.2) is 46.1 Å². The van der Waals surface area contributed by atoms with Crippen LogP contribution in [0.1, 0.15) is 12.8 Å². The Balaban J connectivity index is 3.42. The smallest absolute Gasteiger partial charge is 0.322 e. The average molecular weight is 205 g/mol. The minimum absolute atomic E-state index is 0.355. The van der Waals surface area contributed by atoms with Gasteiger partial charge in [-0.05, 0) is 6.42 Å². The van der Waals surface area contributed by atoms with E-state index in [0.717, 1.165) is 0 Å². The van der Waals surface area contributed by atoms with Crippen molar-refractivity contribution in [3.8, 4) is 0 Å². The minimum atomic E-state index is -0.586. The lowest BCUT2D eigenvalue weighted by Crippen LogP contribution is -2.33. The van der Waals surface area contributed by atoms with Gasteiger partial charge in [-0.3, -0.25) is 4.79 Å². The lowest BCUT2D eigenvalue weighted by atomic mass is 10.2. The zero-order valence-corrected chi connectivity index (χ0v) is 8.82. The topological polar surface area (TPSA) is 70.8 Å². The van der Waals surface area contributed by atoms with Gasteiger partial charge in [0.15, 0.2) is 0 Å². The summed E-state index contributed by atoms with van der Waals surface area (Å²) in [5.74, 6) is -0.377. The van der Waals surface area contributed by atoms with Gasteiger partial charge in [-0.1, -0.05) is 0 Å². The molecule has 5 nitrogen and oxygen atoms in total. The van der Waals surface area contributed by atoms with Crippen LogP contribution in [0.15, 0.2) is 0 Å². The van der Waals surface area contributed by atoms with Gasteiger partial charge < -0.3 is 19.9 Å². The number of esters is 1. The van der Waals surface area contributed by atoms with E-state index >= 15 is 0 Å². The highest BCUT2D eigenvalue weighted by atomic mass is 16.5. The maximum absolute atomic E-state index is 11.2. The number of hydrogen-bond donors (Lipinski definition) is 1. The van der Waals surface area contributed by atoms with Crippen LogP contribution in [0, 0.1) is 0 Å². The van der Waals surface area contributed by atoms with Crippen molar-refractivity contribution in [2.45, 2.75) is 18.9 Å². The van der Waals surface area contributed by atoms with Crippen molar-refractivity contribution in [3.63, 3.8) is 0 Å². The van der Waals surface area contributed by atoms with Gasteiger partial charge in [0, 0.05) is 33.9 Å². The third-order valence-corrected chi connectivity index (χ3v) is 1.67. The molecule has 0 rings (SSSR count). The van der Waals surface area contributed by atoms with E-state index in [2.05, 4.69) is 0 Å². The lowest BCUT2D eigenvalue weighted by Gasteiger charge is -2.10. The predicted octanol–water partition coefficient (Wildman–Crippen LogP) is -0.0701. The van der Waals surface area contributed by atoms with Gasteiger partial charge in [0.25, 0.3) is 0 Å². The third kappa shape index (κ3) is 6.82. The highest BCUT2D eigenvalue weighted by molar-refractivity contribution is 5.75. The van der Waals surface area contributed by atoms with E-state index in [1.807, 2.05) is 0 Å². The summed E-state index contributed by atoms with van der Waals surface area (Å²) in [6.07, 6.45) is 1.18. The number of methoxy groups -OCH3 is 2. The van der Waals surface area contributed by atoms with E-state index in [1.165, 1.54) is 0 Å². The van der Waals surface area contributed by atoms with E-state index in [9.17, 15) is 4.79 Å². The summed E-state index contributed by atoms with van der Waals surface area (Å²) < 4.78 is 14.5. The van der Waals surface area contributed by atoms with Crippen molar-refractivity contribution in [3.05, 3.63) is 0 Å². The first-order valence-corrected chi connectivity index (χ1v) is 4.62. The molecule has 0 aliphatic carbocycles. The third-order valence-electron chi connectivity index (χ3n) is 1.67. The second-order valence-electron chi connectivity index (χ2n) is 2.90. The van der Waals surface area contributed by atoms with Crippen LogP contribution in [0.4, 0.5) is 0 Å². The first kappa shape index (κ1) is 13.4. The molecule has 0 aromatic carbocycles. The molecule has 0 aliphatic rings. The monoisotopic (exact) mass is 205 g/mol. The maximum Gasteiger partial charge on any atom is 0.322 e.